The van der Waals surface area contributed by atoms with Gasteiger partial charge in [-0.15, -0.1) is 5.10 Å². The molecular weight excluding hydrogens is 368 g/mol. The molecule has 2 N–H and O–H groups in total. The highest BCUT2D eigenvalue weighted by Gasteiger charge is 2.51. The van der Waals surface area contributed by atoms with E-state index < -0.39 is 5.41 Å². The van der Waals surface area contributed by atoms with Gasteiger partial charge in [-0.2, -0.15) is 10.2 Å². The summed E-state index contributed by atoms with van der Waals surface area (Å²) in [6.45, 7) is 0. The number of nitriles is 1. The second-order valence-corrected chi connectivity index (χ2v) is 8.25. The van der Waals surface area contributed by atoms with Crippen LogP contribution in [0.25, 0.3) is 11.2 Å². The fourth-order valence-electron chi connectivity index (χ4n) is 3.80. The Morgan fingerprint density at radius 2 is 2.07 bits per heavy atom. The molecule has 2 aromatic rings. The van der Waals surface area contributed by atoms with Crippen LogP contribution < -0.4 is 10.6 Å². The number of allylic oxidation sites excluding steroid dienone is 1. The molecule has 2 saturated carbocycles. The monoisotopic (exact) mass is 390 g/mol. The lowest BCUT2D eigenvalue weighted by Gasteiger charge is -2.24. The fourth-order valence-corrected chi connectivity index (χ4v) is 3.80. The van der Waals surface area contributed by atoms with E-state index in [1.165, 1.54) is 0 Å². The maximum absolute atomic E-state index is 12.3. The van der Waals surface area contributed by atoms with Gasteiger partial charge in [-0.25, -0.2) is 4.52 Å². The third-order valence-corrected chi connectivity index (χ3v) is 6.02. The third kappa shape index (κ3) is 3.37. The summed E-state index contributed by atoms with van der Waals surface area (Å²) >= 11 is 0. The number of hydrogen-bond donors (Lipinski definition) is 2. The quantitative estimate of drug-likeness (QED) is 0.814. The average Bonchev–Trinajstić information content (AvgIpc) is 3.64. The first-order valence-electron chi connectivity index (χ1n) is 10.2. The number of nitrogens with one attached hydrogen (secondary N) is 2. The van der Waals surface area contributed by atoms with Crippen LogP contribution in [0.3, 0.4) is 0 Å². The van der Waals surface area contributed by atoms with E-state index in [0.717, 1.165) is 43.4 Å². The first kappa shape index (κ1) is 17.9. The number of rotatable bonds is 5. The first-order chi connectivity index (χ1) is 14.1. The van der Waals surface area contributed by atoms with E-state index in [9.17, 15) is 14.9 Å². The standard InChI is InChI=1S/C21H22N6O2/c22-12-21(10-11-21)19(29)23-15-8-6-13(7-9-15)16-2-1-3-17-24-20(26-27(16)17)25-18(28)14-4-5-14/h1-3,6,14-15H,4-5,7-11H2,(H,23,29)(H,25,26,28). The summed E-state index contributed by atoms with van der Waals surface area (Å²) in [4.78, 5) is 28.7. The number of carbonyl (C=O) groups is 2. The third-order valence-electron chi connectivity index (χ3n) is 6.02. The molecule has 2 heterocycles. The summed E-state index contributed by atoms with van der Waals surface area (Å²) in [6.07, 6.45) is 7.66. The van der Waals surface area contributed by atoms with Crippen molar-refractivity contribution in [1.29, 1.82) is 5.26 Å². The Morgan fingerprint density at radius 3 is 2.72 bits per heavy atom. The number of nitrogens with zero attached hydrogens (tertiary/aromatic N) is 4. The molecule has 8 nitrogen and oxygen atoms in total. The molecule has 0 radical (unpaired) electrons. The number of anilines is 1. The molecule has 0 aliphatic heterocycles. The van der Waals surface area contributed by atoms with Crippen LogP contribution in [0.1, 0.15) is 50.6 Å². The van der Waals surface area contributed by atoms with Crippen LogP contribution in [-0.4, -0.2) is 32.5 Å². The minimum atomic E-state index is -0.780. The van der Waals surface area contributed by atoms with Crippen molar-refractivity contribution in [2.24, 2.45) is 11.3 Å². The van der Waals surface area contributed by atoms with Gasteiger partial charge in [0.25, 0.3) is 0 Å². The van der Waals surface area contributed by atoms with E-state index >= 15 is 0 Å². The van der Waals surface area contributed by atoms with Gasteiger partial charge >= 0.3 is 0 Å². The van der Waals surface area contributed by atoms with Crippen LogP contribution in [0, 0.1) is 22.7 Å². The van der Waals surface area contributed by atoms with Gasteiger partial charge in [0.15, 0.2) is 5.65 Å². The number of amides is 2. The Hall–Kier alpha value is -3.21. The lowest BCUT2D eigenvalue weighted by molar-refractivity contribution is -0.125. The molecule has 1 atom stereocenters. The Bertz CT molecular complexity index is 1070. The van der Waals surface area contributed by atoms with Gasteiger partial charge in [0.1, 0.15) is 5.41 Å². The van der Waals surface area contributed by atoms with Crippen LogP contribution >= 0.6 is 0 Å². The maximum Gasteiger partial charge on any atom is 0.249 e. The van der Waals surface area contributed by atoms with Gasteiger partial charge in [-0.3, -0.25) is 14.9 Å². The molecule has 0 aromatic carbocycles. The summed E-state index contributed by atoms with van der Waals surface area (Å²) in [5.41, 5.74) is 2.00. The molecule has 3 aliphatic carbocycles. The van der Waals surface area contributed by atoms with E-state index in [2.05, 4.69) is 32.9 Å². The molecule has 0 spiro atoms. The zero-order valence-electron chi connectivity index (χ0n) is 16.0. The summed E-state index contributed by atoms with van der Waals surface area (Å²) < 4.78 is 1.77. The highest BCUT2D eigenvalue weighted by atomic mass is 16.2. The van der Waals surface area contributed by atoms with Crippen molar-refractivity contribution in [3.05, 3.63) is 30.0 Å². The maximum atomic E-state index is 12.3. The number of carbonyl (C=O) groups excluding carboxylic acids is 2. The molecule has 2 aromatic heterocycles. The van der Waals surface area contributed by atoms with E-state index in [1.807, 2.05) is 18.2 Å². The number of fused-ring (bicyclic) bond motifs is 1. The molecule has 5 rings (SSSR count). The zero-order valence-corrected chi connectivity index (χ0v) is 16.0. The molecule has 29 heavy (non-hydrogen) atoms. The molecule has 2 amide bonds. The van der Waals surface area contributed by atoms with Crippen molar-refractivity contribution >= 4 is 29.0 Å². The van der Waals surface area contributed by atoms with Crippen molar-refractivity contribution in [1.82, 2.24) is 19.9 Å². The highest BCUT2D eigenvalue weighted by molar-refractivity contribution is 5.92. The normalized spacial score (nSPS) is 22.4. The van der Waals surface area contributed by atoms with E-state index in [4.69, 9.17) is 0 Å². The molecule has 0 bridgehead atoms. The second-order valence-electron chi connectivity index (χ2n) is 8.25. The van der Waals surface area contributed by atoms with Crippen molar-refractivity contribution in [2.75, 3.05) is 5.32 Å². The largest absolute Gasteiger partial charge is 0.352 e. The molecule has 3 aliphatic rings. The Morgan fingerprint density at radius 1 is 1.24 bits per heavy atom. The minimum Gasteiger partial charge on any atom is -0.352 e. The zero-order chi connectivity index (χ0) is 20.0. The van der Waals surface area contributed by atoms with Crippen molar-refractivity contribution in [2.45, 2.75) is 51.0 Å². The molecule has 2 fully saturated rings. The predicted octanol–water partition coefficient (Wildman–Crippen LogP) is 2.43. The van der Waals surface area contributed by atoms with Gasteiger partial charge in [0.05, 0.1) is 11.8 Å². The van der Waals surface area contributed by atoms with Crippen molar-refractivity contribution < 1.29 is 9.59 Å². The smallest absolute Gasteiger partial charge is 0.249 e. The molecule has 148 valence electrons. The first-order valence-corrected chi connectivity index (χ1v) is 10.2. The SMILES string of the molecule is N#CC1(C(=O)NC2CC=C(c3cccc4nc(NC(=O)C5CC5)nn34)CC2)CC1. The number of hydrogen-bond acceptors (Lipinski definition) is 5. The Kier molecular flexibility index (Phi) is 4.12. The van der Waals surface area contributed by atoms with Crippen LogP contribution in [0.2, 0.25) is 0 Å². The molecule has 1 unspecified atom stereocenters. The van der Waals surface area contributed by atoms with E-state index in [0.29, 0.717) is 24.4 Å². The Labute approximate surface area is 168 Å². The van der Waals surface area contributed by atoms with E-state index in [1.54, 1.807) is 4.52 Å². The van der Waals surface area contributed by atoms with Crippen LogP contribution in [0.4, 0.5) is 5.95 Å². The summed E-state index contributed by atoms with van der Waals surface area (Å²) in [5.74, 6) is 0.298. The highest BCUT2D eigenvalue weighted by Crippen LogP contribution is 2.45. The van der Waals surface area contributed by atoms with Crippen LogP contribution in [0.5, 0.6) is 0 Å². The number of aromatic nitrogens is 3. The van der Waals surface area contributed by atoms with Crippen LogP contribution in [0.15, 0.2) is 24.3 Å². The van der Waals surface area contributed by atoms with Crippen molar-refractivity contribution in [3.8, 4) is 6.07 Å². The summed E-state index contributed by atoms with van der Waals surface area (Å²) in [6, 6.07) is 8.00. The summed E-state index contributed by atoms with van der Waals surface area (Å²) in [5, 5.41) is 19.5. The van der Waals surface area contributed by atoms with Gasteiger partial charge in [0.2, 0.25) is 17.8 Å². The second kappa shape index (κ2) is 6.69. The minimum absolute atomic E-state index is 0.0104. The topological polar surface area (TPSA) is 112 Å². The molecule has 8 heteroatoms. The molecular formula is C21H22N6O2. The lowest BCUT2D eigenvalue weighted by atomic mass is 9.92. The average molecular weight is 390 g/mol. The number of pyridine rings is 1. The van der Waals surface area contributed by atoms with Crippen molar-refractivity contribution in [3.63, 3.8) is 0 Å². The molecule has 0 saturated heterocycles. The van der Waals surface area contributed by atoms with Crippen LogP contribution in [-0.2, 0) is 9.59 Å². The Balaban J connectivity index is 1.31. The predicted molar refractivity (Wildman–Crippen MR) is 105 cm³/mol. The van der Waals surface area contributed by atoms with Gasteiger partial charge in [-0.05, 0) is 62.7 Å². The van der Waals surface area contributed by atoms with Gasteiger partial charge in [0, 0.05) is 12.0 Å². The van der Waals surface area contributed by atoms with E-state index in [-0.39, 0.29) is 23.8 Å². The van der Waals surface area contributed by atoms with Gasteiger partial charge in [-0.1, -0.05) is 12.1 Å². The van der Waals surface area contributed by atoms with Gasteiger partial charge < -0.3 is 5.32 Å². The fraction of sp³-hybridized carbons (Fsp3) is 0.476. The lowest BCUT2D eigenvalue weighted by Crippen LogP contribution is -2.40. The summed E-state index contributed by atoms with van der Waals surface area (Å²) in [7, 11) is 0.